The summed E-state index contributed by atoms with van der Waals surface area (Å²) in [7, 11) is 1.44. The van der Waals surface area contributed by atoms with Gasteiger partial charge in [-0.05, 0) is 24.1 Å². The number of fused-ring (bicyclic) bond motifs is 5. The van der Waals surface area contributed by atoms with Crippen molar-refractivity contribution in [1.82, 2.24) is 14.9 Å². The van der Waals surface area contributed by atoms with Crippen LogP contribution in [0.4, 0.5) is 0 Å². The fourth-order valence-corrected chi connectivity index (χ4v) is 4.49. The van der Waals surface area contributed by atoms with Crippen LogP contribution in [0.2, 0.25) is 0 Å². The number of carbonyl (C=O) groups excluding carboxylic acids is 4. The van der Waals surface area contributed by atoms with Crippen molar-refractivity contribution in [2.75, 3.05) is 7.11 Å². The molecule has 212 valence electrons. The van der Waals surface area contributed by atoms with Gasteiger partial charge in [-0.2, -0.15) is 0 Å². The Labute approximate surface area is 232 Å². The molecule has 1 amide bonds. The van der Waals surface area contributed by atoms with Crippen LogP contribution in [0, 0.1) is 5.92 Å². The van der Waals surface area contributed by atoms with E-state index >= 15 is 0 Å². The van der Waals surface area contributed by atoms with E-state index < -0.39 is 18.1 Å². The molecule has 2 aliphatic heterocycles. The molecule has 10 nitrogen and oxygen atoms in total. The zero-order chi connectivity index (χ0) is 29.4. The van der Waals surface area contributed by atoms with Gasteiger partial charge in [0.15, 0.2) is 6.10 Å². The van der Waals surface area contributed by atoms with Gasteiger partial charge in [-0.3, -0.25) is 9.59 Å². The van der Waals surface area contributed by atoms with Gasteiger partial charge in [0, 0.05) is 36.5 Å². The van der Waals surface area contributed by atoms with Gasteiger partial charge < -0.3 is 28.9 Å². The lowest BCUT2D eigenvalue weighted by Crippen LogP contribution is -2.39. The van der Waals surface area contributed by atoms with Crippen LogP contribution in [-0.2, 0) is 41.8 Å². The van der Waals surface area contributed by atoms with E-state index in [1.165, 1.54) is 7.11 Å². The SMILES string of the molecule is CC.CC(C)C(C=O)NC(=O)CCC=O.COC1C(=O)OCc2c1cc1n(c2=O)Cc2cc3ccccc3nc2-1. The van der Waals surface area contributed by atoms with Crippen LogP contribution in [0.15, 0.2) is 41.2 Å². The van der Waals surface area contributed by atoms with E-state index in [0.29, 0.717) is 30.2 Å². The number of ether oxygens (including phenoxy) is 2. The van der Waals surface area contributed by atoms with Crippen molar-refractivity contribution >= 4 is 35.4 Å². The van der Waals surface area contributed by atoms with Gasteiger partial charge in [-0.1, -0.05) is 45.9 Å². The van der Waals surface area contributed by atoms with Crippen LogP contribution in [0.5, 0.6) is 0 Å². The van der Waals surface area contributed by atoms with E-state index in [1.54, 1.807) is 4.57 Å². The smallest absolute Gasteiger partial charge is 0.340 e. The van der Waals surface area contributed by atoms with Crippen LogP contribution in [0.25, 0.3) is 22.3 Å². The minimum atomic E-state index is -0.869. The van der Waals surface area contributed by atoms with Gasteiger partial charge in [-0.15, -0.1) is 0 Å². The first kappa shape index (κ1) is 30.4. The number of hydrogen-bond acceptors (Lipinski definition) is 8. The maximum atomic E-state index is 12.9. The Hall–Kier alpha value is -4.18. The largest absolute Gasteiger partial charge is 0.458 e. The number of nitrogens with one attached hydrogen (secondary N) is 1. The number of nitrogens with zero attached hydrogens (tertiary/aromatic N) is 2. The van der Waals surface area contributed by atoms with E-state index in [2.05, 4.69) is 11.4 Å². The standard InChI is InChI=1S/C19H14N2O4.C9H15NO3.C2H6/c1-24-17-12-7-15-16-11(6-10-4-2-3-5-14(10)20-16)8-21(15)18(22)13(12)9-25-19(17)23;1-7(2)8(6-12)10-9(13)4-3-5-11;1-2/h2-7,17H,8-9H2,1H3;5-8H,3-4H2,1-2H3,(H,10,13);1-2H3. The van der Waals surface area contributed by atoms with E-state index in [0.717, 1.165) is 27.9 Å². The van der Waals surface area contributed by atoms with Gasteiger partial charge >= 0.3 is 5.97 Å². The molecule has 0 bridgehead atoms. The summed E-state index contributed by atoms with van der Waals surface area (Å²) in [5.41, 5.74) is 4.30. The Morgan fingerprint density at radius 1 is 1.20 bits per heavy atom. The first-order valence-electron chi connectivity index (χ1n) is 13.3. The molecule has 2 aliphatic rings. The highest BCUT2D eigenvalue weighted by Gasteiger charge is 2.35. The van der Waals surface area contributed by atoms with Crippen molar-refractivity contribution in [2.45, 2.75) is 65.8 Å². The van der Waals surface area contributed by atoms with Gasteiger partial charge in [0.05, 0.1) is 35.1 Å². The molecule has 1 N–H and O–H groups in total. The number of cyclic esters (lactones) is 1. The average molecular weight is 550 g/mol. The topological polar surface area (TPSA) is 134 Å². The number of methoxy groups -OCH3 is 1. The second-order valence-electron chi connectivity index (χ2n) is 9.45. The summed E-state index contributed by atoms with van der Waals surface area (Å²) in [5.74, 6) is -0.639. The predicted octanol–water partition coefficient (Wildman–Crippen LogP) is 3.50. The maximum absolute atomic E-state index is 12.9. The Bertz CT molecular complexity index is 1460. The number of aldehydes is 2. The fraction of sp³-hybridized carbons (Fsp3) is 0.400. The highest BCUT2D eigenvalue weighted by molar-refractivity contribution is 5.85. The molecule has 0 aliphatic carbocycles. The summed E-state index contributed by atoms with van der Waals surface area (Å²) in [6.07, 6.45) is 0.886. The van der Waals surface area contributed by atoms with Crippen molar-refractivity contribution in [1.29, 1.82) is 0 Å². The summed E-state index contributed by atoms with van der Waals surface area (Å²) in [6.45, 7) is 8.15. The number of hydrogen-bond donors (Lipinski definition) is 1. The molecule has 2 atom stereocenters. The Balaban J connectivity index is 0.000000252. The lowest BCUT2D eigenvalue weighted by atomic mass is 10.0. The molecular weight excluding hydrogens is 514 g/mol. The first-order valence-corrected chi connectivity index (χ1v) is 13.3. The van der Waals surface area contributed by atoms with E-state index in [9.17, 15) is 24.0 Å². The minimum absolute atomic E-state index is 0.0150. The van der Waals surface area contributed by atoms with Crippen LogP contribution in [-0.4, -0.2) is 47.2 Å². The summed E-state index contributed by atoms with van der Waals surface area (Å²) in [6, 6.07) is 11.3. The molecule has 5 rings (SSSR count). The van der Waals surface area contributed by atoms with Crippen molar-refractivity contribution in [3.63, 3.8) is 0 Å². The maximum Gasteiger partial charge on any atom is 0.340 e. The van der Waals surface area contributed by atoms with E-state index in [4.69, 9.17) is 14.5 Å². The second-order valence-corrected chi connectivity index (χ2v) is 9.45. The normalized spacial score (nSPS) is 15.2. The highest BCUT2D eigenvalue weighted by Crippen LogP contribution is 2.35. The molecule has 10 heteroatoms. The van der Waals surface area contributed by atoms with Crippen molar-refractivity contribution < 1.29 is 28.7 Å². The molecule has 2 aromatic heterocycles. The lowest BCUT2D eigenvalue weighted by Gasteiger charge is -2.24. The Kier molecular flexibility index (Phi) is 10.4. The third-order valence-corrected chi connectivity index (χ3v) is 6.58. The summed E-state index contributed by atoms with van der Waals surface area (Å²) in [4.78, 5) is 61.1. The van der Waals surface area contributed by atoms with Crippen LogP contribution in [0.3, 0.4) is 0 Å². The molecule has 0 fully saturated rings. The number of para-hydroxylation sites is 1. The van der Waals surface area contributed by atoms with E-state index in [-0.39, 0.29) is 36.8 Å². The van der Waals surface area contributed by atoms with Crippen LogP contribution in [0.1, 0.15) is 63.3 Å². The molecular formula is C30H35N3O7. The molecule has 2 unspecified atom stereocenters. The number of aromatic nitrogens is 2. The number of pyridine rings is 2. The zero-order valence-electron chi connectivity index (χ0n) is 23.4. The third-order valence-electron chi connectivity index (χ3n) is 6.58. The number of esters is 1. The third kappa shape index (κ3) is 6.34. The summed E-state index contributed by atoms with van der Waals surface area (Å²) >= 11 is 0. The van der Waals surface area contributed by atoms with E-state index in [1.807, 2.05) is 58.0 Å². The number of amides is 1. The van der Waals surface area contributed by atoms with Gasteiger partial charge in [0.1, 0.15) is 19.2 Å². The summed E-state index contributed by atoms with van der Waals surface area (Å²) in [5, 5.41) is 3.58. The quantitative estimate of drug-likeness (QED) is 0.274. The Morgan fingerprint density at radius 3 is 2.58 bits per heavy atom. The van der Waals surface area contributed by atoms with Crippen molar-refractivity contribution in [2.24, 2.45) is 5.92 Å². The predicted molar refractivity (Wildman–Crippen MR) is 150 cm³/mol. The lowest BCUT2D eigenvalue weighted by molar-refractivity contribution is -0.159. The van der Waals surface area contributed by atoms with Crippen LogP contribution >= 0.6 is 0 Å². The molecule has 1 aromatic carbocycles. The molecule has 3 aromatic rings. The number of benzene rings is 1. The highest BCUT2D eigenvalue weighted by atomic mass is 16.6. The van der Waals surface area contributed by atoms with Gasteiger partial charge in [0.25, 0.3) is 5.56 Å². The zero-order valence-corrected chi connectivity index (χ0v) is 23.4. The minimum Gasteiger partial charge on any atom is -0.458 e. The number of rotatable bonds is 7. The monoisotopic (exact) mass is 549 g/mol. The Morgan fingerprint density at radius 2 is 1.93 bits per heavy atom. The number of carbonyl (C=O) groups is 4. The summed E-state index contributed by atoms with van der Waals surface area (Å²) < 4.78 is 12.1. The molecule has 40 heavy (non-hydrogen) atoms. The van der Waals surface area contributed by atoms with Gasteiger partial charge in [0.2, 0.25) is 5.91 Å². The first-order chi connectivity index (χ1) is 19.3. The molecule has 4 heterocycles. The van der Waals surface area contributed by atoms with Gasteiger partial charge in [-0.25, -0.2) is 9.78 Å². The molecule has 0 radical (unpaired) electrons. The van der Waals surface area contributed by atoms with Crippen LogP contribution < -0.4 is 10.9 Å². The molecule has 0 saturated heterocycles. The average Bonchev–Trinajstić information content (AvgIpc) is 3.32. The fourth-order valence-electron chi connectivity index (χ4n) is 4.49. The molecule has 0 saturated carbocycles. The van der Waals surface area contributed by atoms with Crippen molar-refractivity contribution in [3.8, 4) is 11.4 Å². The second kappa shape index (κ2) is 13.7. The van der Waals surface area contributed by atoms with Crippen molar-refractivity contribution in [3.05, 3.63) is 63.4 Å². The molecule has 0 spiro atoms.